The average molecular weight is 963 g/mol. The molecule has 12 rings (SSSR count). The lowest BCUT2D eigenvalue weighted by molar-refractivity contribution is 0.579. The van der Waals surface area contributed by atoms with Crippen LogP contribution in [0, 0.1) is 0 Å². The van der Waals surface area contributed by atoms with E-state index in [2.05, 4.69) is 269 Å². The van der Waals surface area contributed by atoms with Crippen LogP contribution in [0.4, 0.5) is 0 Å². The molecule has 0 atom stereocenters. The monoisotopic (exact) mass is 963 g/mol. The van der Waals surface area contributed by atoms with E-state index in [1.807, 2.05) is 0 Å². The van der Waals surface area contributed by atoms with Crippen molar-refractivity contribution in [2.45, 2.75) is 143 Å². The first-order valence-electron chi connectivity index (χ1n) is 27.3. The maximum Gasteiger partial charge on any atom is 0.0159 e. The van der Waals surface area contributed by atoms with Crippen molar-refractivity contribution in [3.63, 3.8) is 0 Å². The van der Waals surface area contributed by atoms with E-state index in [4.69, 9.17) is 0 Å². The van der Waals surface area contributed by atoms with E-state index in [0.717, 1.165) is 0 Å². The summed E-state index contributed by atoms with van der Waals surface area (Å²) in [5.74, 6) is 0. The number of rotatable bonds is 3. The molecule has 0 saturated heterocycles. The summed E-state index contributed by atoms with van der Waals surface area (Å²) in [6, 6.07) is 62.5. The Morgan fingerprint density at radius 2 is 0.662 bits per heavy atom. The topological polar surface area (TPSA) is 0 Å². The fourth-order valence-electron chi connectivity index (χ4n) is 12.9. The smallest absolute Gasteiger partial charge is 0.0159 e. The fourth-order valence-corrected chi connectivity index (χ4v) is 12.9. The zero-order chi connectivity index (χ0) is 52.4. The standard InChI is InChI=1S/C74H74/c1-69(2,3)47-28-31-54-63(37-47)73(13,14)65-39-49(71(7,8)9)35-61(67(54)65)59-41-58-53-30-27-46(45-26-25-43-21-17-18-22-44(43)33-45)34-56(53)60(42-57(58)51-23-19-20-24-52(51)59)62-36-50(72(10,11)12)40-66-68(62)55-32-29-48(70(4,5)6)38-64(55)74(66,15)16/h17-42H,1-16H3. The summed E-state index contributed by atoms with van der Waals surface area (Å²) in [6.07, 6.45) is 0. The van der Waals surface area contributed by atoms with Crippen LogP contribution in [0.5, 0.6) is 0 Å². The summed E-state index contributed by atoms with van der Waals surface area (Å²) in [6.45, 7) is 38.1. The van der Waals surface area contributed by atoms with Crippen LogP contribution in [0.3, 0.4) is 0 Å². The van der Waals surface area contributed by atoms with E-state index in [1.165, 1.54) is 143 Å². The van der Waals surface area contributed by atoms with Crippen LogP contribution in [-0.2, 0) is 32.5 Å². The predicted octanol–water partition coefficient (Wildman–Crippen LogP) is 21.1. The summed E-state index contributed by atoms with van der Waals surface area (Å²) in [5.41, 5.74) is 24.0. The third-order valence-electron chi connectivity index (χ3n) is 17.6. The molecular weight excluding hydrogens is 889 g/mol. The number of benzene rings is 10. The van der Waals surface area contributed by atoms with Crippen LogP contribution >= 0.6 is 0 Å². The zero-order valence-corrected chi connectivity index (χ0v) is 47.0. The molecule has 74 heavy (non-hydrogen) atoms. The van der Waals surface area contributed by atoms with Crippen LogP contribution in [0.2, 0.25) is 0 Å². The summed E-state index contributed by atoms with van der Waals surface area (Å²) in [7, 11) is 0. The highest BCUT2D eigenvalue weighted by atomic mass is 14.4. The van der Waals surface area contributed by atoms with Gasteiger partial charge in [0.2, 0.25) is 0 Å². The van der Waals surface area contributed by atoms with E-state index in [0.29, 0.717) is 0 Å². The molecule has 2 aliphatic carbocycles. The third kappa shape index (κ3) is 7.36. The van der Waals surface area contributed by atoms with Gasteiger partial charge in [0.15, 0.2) is 0 Å². The summed E-state index contributed by atoms with van der Waals surface area (Å²) >= 11 is 0. The van der Waals surface area contributed by atoms with Gasteiger partial charge in [0, 0.05) is 10.8 Å². The number of hydrogen-bond acceptors (Lipinski definition) is 0. The van der Waals surface area contributed by atoms with Crippen LogP contribution in [0.15, 0.2) is 158 Å². The van der Waals surface area contributed by atoms with Crippen molar-refractivity contribution in [3.8, 4) is 55.6 Å². The Hall–Kier alpha value is -6.76. The molecule has 0 heteroatoms. The molecule has 0 saturated carbocycles. The van der Waals surface area contributed by atoms with Crippen molar-refractivity contribution in [3.05, 3.63) is 202 Å². The molecule has 10 aromatic rings. The Morgan fingerprint density at radius 3 is 1.16 bits per heavy atom. The molecular formula is C74H74. The van der Waals surface area contributed by atoms with E-state index < -0.39 is 0 Å². The van der Waals surface area contributed by atoms with Crippen LogP contribution in [0.1, 0.15) is 155 Å². The Kier molecular flexibility index (Phi) is 10.3. The van der Waals surface area contributed by atoms with Crippen molar-refractivity contribution >= 4 is 43.1 Å². The molecule has 10 aromatic carbocycles. The predicted molar refractivity (Wildman–Crippen MR) is 323 cm³/mol. The van der Waals surface area contributed by atoms with E-state index >= 15 is 0 Å². The van der Waals surface area contributed by atoms with Gasteiger partial charge >= 0.3 is 0 Å². The Labute approximate surface area is 441 Å². The Balaban J connectivity index is 1.22. The SMILES string of the molecule is CC(C)(C)c1ccc2c(c1)C(C)(C)c1cc(C(C)(C)C)cc(-c3cc4c5ccc(-c6ccc7ccccc7c6)cc5c(-c5cc(C(C)(C)C)cc6c5-c5ccc(C(C)(C)C)cc5C6(C)C)cc4c4ccccc34)c1-2. The fraction of sp³-hybridized carbons (Fsp3) is 0.297. The molecule has 0 fully saturated rings. The Bertz CT molecular complexity index is 4020. The quantitative estimate of drug-likeness (QED) is 0.155. The van der Waals surface area contributed by atoms with Crippen LogP contribution in [-0.4, -0.2) is 0 Å². The van der Waals surface area contributed by atoms with Crippen molar-refractivity contribution < 1.29 is 0 Å². The highest BCUT2D eigenvalue weighted by Gasteiger charge is 2.41. The maximum absolute atomic E-state index is 2.59. The van der Waals surface area contributed by atoms with Crippen molar-refractivity contribution in [1.29, 1.82) is 0 Å². The van der Waals surface area contributed by atoms with Crippen molar-refractivity contribution in [2.75, 3.05) is 0 Å². The van der Waals surface area contributed by atoms with Gasteiger partial charge in [-0.3, -0.25) is 0 Å². The van der Waals surface area contributed by atoms with Gasteiger partial charge in [-0.1, -0.05) is 232 Å². The molecule has 370 valence electrons. The highest BCUT2D eigenvalue weighted by molar-refractivity contribution is 6.25. The normalized spacial score (nSPS) is 15.0. The van der Waals surface area contributed by atoms with Crippen molar-refractivity contribution in [2.24, 2.45) is 0 Å². The lowest BCUT2D eigenvalue weighted by atomic mass is 9.76. The molecule has 0 spiro atoms. The van der Waals surface area contributed by atoms with Gasteiger partial charge in [0.25, 0.3) is 0 Å². The molecule has 0 aromatic heterocycles. The largest absolute Gasteiger partial charge is 0.0616 e. The minimum atomic E-state index is -0.185. The zero-order valence-electron chi connectivity index (χ0n) is 47.0. The van der Waals surface area contributed by atoms with E-state index in [-0.39, 0.29) is 32.5 Å². The van der Waals surface area contributed by atoms with E-state index in [9.17, 15) is 0 Å². The minimum Gasteiger partial charge on any atom is -0.0616 e. The van der Waals surface area contributed by atoms with Gasteiger partial charge in [-0.25, -0.2) is 0 Å². The van der Waals surface area contributed by atoms with Gasteiger partial charge < -0.3 is 0 Å². The van der Waals surface area contributed by atoms with Gasteiger partial charge in [0.05, 0.1) is 0 Å². The number of fused-ring (bicyclic) bond motifs is 12. The molecule has 0 bridgehead atoms. The Morgan fingerprint density at radius 1 is 0.257 bits per heavy atom. The van der Waals surface area contributed by atoms with Gasteiger partial charge in [-0.05, 0) is 201 Å². The first kappa shape index (κ1) is 48.2. The van der Waals surface area contributed by atoms with Crippen LogP contribution < -0.4 is 0 Å². The van der Waals surface area contributed by atoms with Crippen LogP contribution in [0.25, 0.3) is 98.7 Å². The second kappa shape index (κ2) is 15.9. The molecule has 0 nitrogen and oxygen atoms in total. The number of hydrogen-bond donors (Lipinski definition) is 0. The lowest BCUT2D eigenvalue weighted by Gasteiger charge is -2.28. The van der Waals surface area contributed by atoms with Gasteiger partial charge in [-0.2, -0.15) is 0 Å². The average Bonchev–Trinajstić information content (AvgIpc) is 3.76. The molecule has 2 aliphatic rings. The van der Waals surface area contributed by atoms with Gasteiger partial charge in [-0.15, -0.1) is 0 Å². The summed E-state index contributed by atoms with van der Waals surface area (Å²) in [4.78, 5) is 0. The minimum absolute atomic E-state index is 0.0381. The second-order valence-electron chi connectivity index (χ2n) is 27.5. The van der Waals surface area contributed by atoms with Gasteiger partial charge in [0.1, 0.15) is 0 Å². The lowest BCUT2D eigenvalue weighted by Crippen LogP contribution is -2.19. The van der Waals surface area contributed by atoms with Crippen molar-refractivity contribution in [1.82, 2.24) is 0 Å². The van der Waals surface area contributed by atoms with E-state index in [1.54, 1.807) is 0 Å². The second-order valence-corrected chi connectivity index (χ2v) is 27.5. The molecule has 0 aliphatic heterocycles. The molecule has 0 radical (unpaired) electrons. The molecule has 0 N–H and O–H groups in total. The molecule has 0 heterocycles. The molecule has 0 amide bonds. The highest BCUT2D eigenvalue weighted by Crippen LogP contribution is 2.58. The third-order valence-corrected chi connectivity index (χ3v) is 17.6. The summed E-state index contributed by atoms with van der Waals surface area (Å²) in [5, 5.41) is 10.2. The first-order valence-corrected chi connectivity index (χ1v) is 27.3. The summed E-state index contributed by atoms with van der Waals surface area (Å²) < 4.78 is 0. The molecule has 0 unspecified atom stereocenters. The maximum atomic E-state index is 2.59. The first-order chi connectivity index (χ1) is 34.7.